The van der Waals surface area contributed by atoms with Crippen LogP contribution in [0.4, 0.5) is 18.9 Å². The molecule has 32 heavy (non-hydrogen) atoms. The number of nitrogens with zero attached hydrogens (tertiary/aromatic N) is 6. The number of aryl methyl sites for hydroxylation is 1. The molecule has 0 saturated carbocycles. The topological polar surface area (TPSA) is 58.2 Å². The largest absolute Gasteiger partial charge is 0.420 e. The molecule has 5 heterocycles. The second kappa shape index (κ2) is 7.33. The van der Waals surface area contributed by atoms with Crippen LogP contribution in [0.15, 0.2) is 47.7 Å². The van der Waals surface area contributed by atoms with Gasteiger partial charge in [-0.05, 0) is 32.2 Å². The van der Waals surface area contributed by atoms with Gasteiger partial charge in [0.2, 0.25) is 0 Å². The van der Waals surface area contributed by atoms with Crippen molar-refractivity contribution in [2.24, 2.45) is 0 Å². The molecule has 0 N–H and O–H groups in total. The van der Waals surface area contributed by atoms with Crippen molar-refractivity contribution in [2.75, 3.05) is 38.1 Å². The third-order valence-corrected chi connectivity index (χ3v) is 5.79. The lowest BCUT2D eigenvalue weighted by atomic mass is 10.1. The molecule has 4 aromatic heterocycles. The number of rotatable bonds is 2. The van der Waals surface area contributed by atoms with E-state index in [1.165, 1.54) is 27.3 Å². The minimum Gasteiger partial charge on any atom is -0.368 e. The summed E-state index contributed by atoms with van der Waals surface area (Å²) in [5.74, 6) is 0. The lowest BCUT2D eigenvalue weighted by Gasteiger charge is -2.34. The molecule has 1 fully saturated rings. The molecule has 166 valence electrons. The van der Waals surface area contributed by atoms with Gasteiger partial charge in [-0.2, -0.15) is 13.2 Å². The van der Waals surface area contributed by atoms with Crippen molar-refractivity contribution in [3.05, 3.63) is 64.5 Å². The van der Waals surface area contributed by atoms with Gasteiger partial charge in [0.1, 0.15) is 11.3 Å². The van der Waals surface area contributed by atoms with Crippen molar-refractivity contribution in [3.63, 3.8) is 0 Å². The van der Waals surface area contributed by atoms with Crippen LogP contribution in [0.1, 0.15) is 11.3 Å². The van der Waals surface area contributed by atoms with Crippen LogP contribution in [-0.4, -0.2) is 56.9 Å². The minimum atomic E-state index is -4.58. The maximum absolute atomic E-state index is 13.7. The maximum atomic E-state index is 13.7. The van der Waals surface area contributed by atoms with Crippen molar-refractivity contribution in [1.82, 2.24) is 23.7 Å². The number of aromatic nitrogens is 4. The Morgan fingerprint density at radius 1 is 0.969 bits per heavy atom. The van der Waals surface area contributed by atoms with Crippen LogP contribution in [0.5, 0.6) is 0 Å². The number of piperazine rings is 1. The molecule has 0 unspecified atom stereocenters. The van der Waals surface area contributed by atoms with Crippen molar-refractivity contribution >= 4 is 17.0 Å². The molecule has 0 bridgehead atoms. The first-order valence-electron chi connectivity index (χ1n) is 10.2. The Labute approximate surface area is 181 Å². The molecular formula is C22H21F3N6O. The molecule has 1 saturated heterocycles. The summed E-state index contributed by atoms with van der Waals surface area (Å²) in [6.45, 7) is 5.20. The molecule has 1 aliphatic heterocycles. The second-order valence-corrected chi connectivity index (χ2v) is 8.14. The van der Waals surface area contributed by atoms with Crippen molar-refractivity contribution in [2.45, 2.75) is 13.1 Å². The average Bonchev–Trinajstić information content (AvgIpc) is 3.12. The fourth-order valence-corrected chi connectivity index (χ4v) is 4.06. The van der Waals surface area contributed by atoms with E-state index >= 15 is 0 Å². The van der Waals surface area contributed by atoms with E-state index in [9.17, 15) is 18.0 Å². The summed E-state index contributed by atoms with van der Waals surface area (Å²) in [6, 6.07) is 5.88. The first-order valence-corrected chi connectivity index (χ1v) is 10.2. The maximum Gasteiger partial charge on any atom is 0.420 e. The van der Waals surface area contributed by atoms with Gasteiger partial charge in [0.25, 0.3) is 5.56 Å². The highest BCUT2D eigenvalue weighted by Gasteiger charge is 2.34. The van der Waals surface area contributed by atoms with Crippen LogP contribution in [0.2, 0.25) is 0 Å². The molecule has 4 aromatic rings. The average molecular weight is 442 g/mol. The van der Waals surface area contributed by atoms with E-state index < -0.39 is 11.7 Å². The summed E-state index contributed by atoms with van der Waals surface area (Å²) in [5.41, 5.74) is 0.750. The normalized spacial score (nSPS) is 15.7. The second-order valence-electron chi connectivity index (χ2n) is 8.14. The van der Waals surface area contributed by atoms with Gasteiger partial charge < -0.3 is 14.2 Å². The van der Waals surface area contributed by atoms with Crippen LogP contribution >= 0.6 is 0 Å². The van der Waals surface area contributed by atoms with Crippen LogP contribution < -0.4 is 10.5 Å². The number of halogens is 3. The summed E-state index contributed by atoms with van der Waals surface area (Å²) < 4.78 is 43.7. The molecular weight excluding hydrogens is 421 g/mol. The van der Waals surface area contributed by atoms with Crippen LogP contribution in [0.3, 0.4) is 0 Å². The number of likely N-dealkylation sites (N-methyl/N-ethyl adjacent to an activating group) is 1. The summed E-state index contributed by atoms with van der Waals surface area (Å²) in [5, 5.41) is 0. The van der Waals surface area contributed by atoms with Crippen molar-refractivity contribution in [1.29, 1.82) is 0 Å². The van der Waals surface area contributed by atoms with Gasteiger partial charge in [0, 0.05) is 56.4 Å². The quantitative estimate of drug-likeness (QED) is 0.478. The highest BCUT2D eigenvalue weighted by molar-refractivity contribution is 5.67. The summed E-state index contributed by atoms with van der Waals surface area (Å²) in [7, 11) is 2.07. The standard InChI is InChI=1S/C22H21F3N6O/c1-14-11-30-12-15(9-17(21(30)26-14)22(23,24)25)18-10-20(32)31-13-16(3-4-19(31)27-18)29-7-5-28(2)6-8-29/h3-4,9-13H,5-8H2,1-2H3. The molecule has 0 aliphatic carbocycles. The van der Waals surface area contributed by atoms with Gasteiger partial charge in [0.05, 0.1) is 22.6 Å². The van der Waals surface area contributed by atoms with Crippen molar-refractivity contribution in [3.8, 4) is 11.3 Å². The number of pyridine rings is 2. The summed E-state index contributed by atoms with van der Waals surface area (Å²) in [6.07, 6.45) is 0.188. The van der Waals surface area contributed by atoms with Crippen molar-refractivity contribution < 1.29 is 13.2 Å². The monoisotopic (exact) mass is 442 g/mol. The third kappa shape index (κ3) is 3.60. The lowest BCUT2D eigenvalue weighted by molar-refractivity contribution is -0.136. The molecule has 5 rings (SSSR count). The number of hydrogen-bond acceptors (Lipinski definition) is 5. The SMILES string of the molecule is Cc1cn2cc(-c3cc(=O)n4cc(N5CCN(C)CC5)ccc4n3)cc(C(F)(F)F)c2n1. The molecule has 0 atom stereocenters. The van der Waals surface area contributed by atoms with Gasteiger partial charge in [-0.1, -0.05) is 0 Å². The Morgan fingerprint density at radius 3 is 2.44 bits per heavy atom. The first kappa shape index (κ1) is 20.5. The fraction of sp³-hybridized carbons (Fsp3) is 0.318. The molecule has 10 heteroatoms. The molecule has 0 aromatic carbocycles. The Kier molecular flexibility index (Phi) is 4.70. The number of alkyl halides is 3. The molecule has 0 radical (unpaired) electrons. The van der Waals surface area contributed by atoms with E-state index in [1.807, 2.05) is 6.07 Å². The zero-order valence-corrected chi connectivity index (χ0v) is 17.6. The smallest absolute Gasteiger partial charge is 0.368 e. The van der Waals surface area contributed by atoms with Crippen LogP contribution in [-0.2, 0) is 6.18 Å². The number of hydrogen-bond donors (Lipinski definition) is 0. The third-order valence-electron chi connectivity index (χ3n) is 5.79. The predicted molar refractivity (Wildman–Crippen MR) is 115 cm³/mol. The minimum absolute atomic E-state index is 0.173. The van der Waals surface area contributed by atoms with Gasteiger partial charge in [0.15, 0.2) is 0 Å². The highest BCUT2D eigenvalue weighted by atomic mass is 19.4. The zero-order chi connectivity index (χ0) is 22.6. The van der Waals surface area contributed by atoms with Gasteiger partial charge in [-0.3, -0.25) is 9.20 Å². The van der Waals surface area contributed by atoms with E-state index in [0.717, 1.165) is 37.9 Å². The number of imidazole rings is 1. The Bertz CT molecular complexity index is 1380. The molecule has 7 nitrogen and oxygen atoms in total. The van der Waals surface area contributed by atoms with Crippen LogP contribution in [0, 0.1) is 6.92 Å². The van der Waals surface area contributed by atoms with E-state index in [2.05, 4.69) is 26.8 Å². The highest BCUT2D eigenvalue weighted by Crippen LogP contribution is 2.35. The molecule has 0 amide bonds. The Hall–Kier alpha value is -3.40. The van der Waals surface area contributed by atoms with E-state index in [1.54, 1.807) is 19.2 Å². The van der Waals surface area contributed by atoms with Crippen LogP contribution in [0.25, 0.3) is 22.6 Å². The summed E-state index contributed by atoms with van der Waals surface area (Å²) in [4.78, 5) is 25.8. The molecule has 0 spiro atoms. The Morgan fingerprint density at radius 2 is 1.72 bits per heavy atom. The zero-order valence-electron chi connectivity index (χ0n) is 17.6. The van der Waals surface area contributed by atoms with Gasteiger partial charge in [-0.15, -0.1) is 0 Å². The predicted octanol–water partition coefficient (Wildman–Crippen LogP) is 3.09. The number of anilines is 1. The van der Waals surface area contributed by atoms with Gasteiger partial charge in [-0.25, -0.2) is 9.97 Å². The molecule has 1 aliphatic rings. The number of fused-ring (bicyclic) bond motifs is 2. The van der Waals surface area contributed by atoms with E-state index in [0.29, 0.717) is 11.3 Å². The Balaban J connectivity index is 1.60. The summed E-state index contributed by atoms with van der Waals surface area (Å²) >= 11 is 0. The van der Waals surface area contributed by atoms with Gasteiger partial charge >= 0.3 is 6.18 Å². The fourth-order valence-electron chi connectivity index (χ4n) is 4.06. The van der Waals surface area contributed by atoms with E-state index in [-0.39, 0.29) is 22.5 Å². The van der Waals surface area contributed by atoms with E-state index in [4.69, 9.17) is 0 Å². The lowest BCUT2D eigenvalue weighted by Crippen LogP contribution is -2.44. The first-order chi connectivity index (χ1) is 15.2.